The zero-order valence-corrected chi connectivity index (χ0v) is 25.7. The van der Waals surface area contributed by atoms with Crippen LogP contribution in [0.3, 0.4) is 0 Å². The first-order valence-electron chi connectivity index (χ1n) is 14.1. The molecule has 2 aromatic carbocycles. The third kappa shape index (κ3) is 9.50. The maximum absolute atomic E-state index is 12.9. The summed E-state index contributed by atoms with van der Waals surface area (Å²) in [6, 6.07) is 12.0. The Kier molecular flexibility index (Phi) is 11.7. The van der Waals surface area contributed by atoms with Gasteiger partial charge in [0, 0.05) is 63.1 Å². The summed E-state index contributed by atoms with van der Waals surface area (Å²) in [4.78, 5) is 15.4. The molecule has 0 aliphatic carbocycles. The monoisotopic (exact) mass is 624 g/mol. The number of alkyl halides is 3. The smallest absolute Gasteiger partial charge is 0.363 e. The molecule has 3 aromatic rings. The van der Waals surface area contributed by atoms with Gasteiger partial charge in [0.05, 0.1) is 22.4 Å². The van der Waals surface area contributed by atoms with E-state index in [1.54, 1.807) is 19.1 Å². The Bertz CT molecular complexity index is 1470. The van der Waals surface area contributed by atoms with Gasteiger partial charge in [0.15, 0.2) is 0 Å². The zero-order valence-electron chi connectivity index (χ0n) is 24.9. The van der Waals surface area contributed by atoms with Gasteiger partial charge in [-0.2, -0.15) is 18.3 Å². The van der Waals surface area contributed by atoms with Crippen molar-refractivity contribution in [2.75, 3.05) is 50.4 Å². The predicted molar refractivity (Wildman–Crippen MR) is 162 cm³/mol. The number of nitro groups is 1. The van der Waals surface area contributed by atoms with Crippen molar-refractivity contribution in [3.05, 3.63) is 75.5 Å². The van der Waals surface area contributed by atoms with Gasteiger partial charge in [-0.3, -0.25) is 19.7 Å². The van der Waals surface area contributed by atoms with Crippen molar-refractivity contribution in [2.24, 2.45) is 0 Å². The molecule has 1 aromatic heterocycles. The number of aryl methyl sites for hydroxylation is 1. The van der Waals surface area contributed by atoms with E-state index in [2.05, 4.69) is 21.4 Å². The van der Waals surface area contributed by atoms with E-state index in [-0.39, 0.29) is 10.6 Å². The molecule has 0 radical (unpaired) electrons. The van der Waals surface area contributed by atoms with Crippen LogP contribution in [0.25, 0.3) is 11.3 Å². The van der Waals surface area contributed by atoms with Crippen molar-refractivity contribution in [2.45, 2.75) is 46.3 Å². The summed E-state index contributed by atoms with van der Waals surface area (Å²) in [5.41, 5.74) is 3.62. The van der Waals surface area contributed by atoms with Gasteiger partial charge in [-0.15, -0.1) is 0 Å². The summed E-state index contributed by atoms with van der Waals surface area (Å²) < 4.78 is 63.2. The van der Waals surface area contributed by atoms with Crippen LogP contribution in [-0.4, -0.2) is 73.5 Å². The number of nitrogens with one attached hydrogen (secondary N) is 1. The van der Waals surface area contributed by atoms with Crippen LogP contribution in [0.5, 0.6) is 0 Å². The Balaban J connectivity index is 0.000000646. The largest absolute Gasteiger partial charge is 0.416 e. The lowest BCUT2D eigenvalue weighted by atomic mass is 10.0. The third-order valence-corrected chi connectivity index (χ3v) is 8.00. The molecule has 2 heterocycles. The summed E-state index contributed by atoms with van der Waals surface area (Å²) in [7, 11) is -2.92. The number of anilines is 1. The van der Waals surface area contributed by atoms with Crippen LogP contribution in [0, 0.1) is 17.0 Å². The maximum atomic E-state index is 12.9. The molecule has 1 fully saturated rings. The number of nitrogens with zero attached hydrogens (tertiary/aromatic N) is 5. The van der Waals surface area contributed by atoms with E-state index in [9.17, 15) is 31.7 Å². The first-order chi connectivity index (χ1) is 20.2. The average molecular weight is 625 g/mol. The van der Waals surface area contributed by atoms with Gasteiger partial charge >= 0.3 is 6.18 Å². The third-order valence-electron chi connectivity index (χ3n) is 7.18. The van der Waals surface area contributed by atoms with Crippen molar-refractivity contribution < 1.29 is 26.5 Å². The number of sulfonamides is 1. The molecule has 10 nitrogen and oxygen atoms in total. The molecule has 1 saturated heterocycles. The number of benzene rings is 2. The summed E-state index contributed by atoms with van der Waals surface area (Å²) in [6.45, 7) is 10.9. The number of aromatic nitrogens is 2. The minimum absolute atomic E-state index is 0.135. The van der Waals surface area contributed by atoms with Crippen LogP contribution in [0.1, 0.15) is 37.1 Å². The summed E-state index contributed by atoms with van der Waals surface area (Å²) in [5.74, 6) is 0. The van der Waals surface area contributed by atoms with E-state index in [0.29, 0.717) is 17.8 Å². The van der Waals surface area contributed by atoms with Crippen LogP contribution >= 0.6 is 0 Å². The van der Waals surface area contributed by atoms with Crippen molar-refractivity contribution in [1.29, 1.82) is 0 Å². The van der Waals surface area contributed by atoms with E-state index < -0.39 is 21.8 Å². The normalized spacial score (nSPS) is 14.3. The second-order valence-corrected chi connectivity index (χ2v) is 12.1. The van der Waals surface area contributed by atoms with Gasteiger partial charge in [-0.1, -0.05) is 38.1 Å². The van der Waals surface area contributed by atoms with Gasteiger partial charge in [0.25, 0.3) is 5.69 Å². The Labute approximate surface area is 250 Å². The SMILES string of the molecule is CCNS(C)(=O)=O.CCc1c(C)c(-c2ccc(C(F)(F)F)cc2)nn1CCCN1CCN(c2ccccc2[N+](=O)[O-])CC1. The lowest BCUT2D eigenvalue weighted by molar-refractivity contribution is -0.384. The van der Waals surface area contributed by atoms with Crippen LogP contribution < -0.4 is 9.62 Å². The fourth-order valence-corrected chi connectivity index (χ4v) is 5.64. The van der Waals surface area contributed by atoms with Crippen molar-refractivity contribution >= 4 is 21.4 Å². The quantitative estimate of drug-likeness (QED) is 0.246. The van der Waals surface area contributed by atoms with Gasteiger partial charge in [-0.25, -0.2) is 13.1 Å². The molecule has 0 saturated carbocycles. The molecule has 1 N–H and O–H groups in total. The summed E-state index contributed by atoms with van der Waals surface area (Å²) in [6.07, 6.45) is -1.56. The van der Waals surface area contributed by atoms with E-state index in [1.165, 1.54) is 18.2 Å². The molecule has 4 rings (SSSR count). The number of rotatable bonds is 10. The molecule has 0 bridgehead atoms. The lowest BCUT2D eigenvalue weighted by Crippen LogP contribution is -2.46. The molecule has 236 valence electrons. The number of para-hydroxylation sites is 2. The van der Waals surface area contributed by atoms with Crippen LogP contribution in [0.4, 0.5) is 24.5 Å². The molecule has 0 spiro atoms. The van der Waals surface area contributed by atoms with Gasteiger partial charge in [0.1, 0.15) is 5.69 Å². The van der Waals surface area contributed by atoms with Crippen LogP contribution in [0.2, 0.25) is 0 Å². The van der Waals surface area contributed by atoms with Gasteiger partial charge in [0.2, 0.25) is 10.0 Å². The second-order valence-electron chi connectivity index (χ2n) is 10.3. The highest BCUT2D eigenvalue weighted by molar-refractivity contribution is 7.88. The molecular weight excluding hydrogens is 585 g/mol. The summed E-state index contributed by atoms with van der Waals surface area (Å²) >= 11 is 0. The minimum Gasteiger partial charge on any atom is -0.363 e. The van der Waals surface area contributed by atoms with Crippen LogP contribution in [-0.2, 0) is 29.2 Å². The zero-order chi connectivity index (χ0) is 31.8. The van der Waals surface area contributed by atoms with Gasteiger partial charge in [-0.05, 0) is 43.5 Å². The van der Waals surface area contributed by atoms with Crippen molar-refractivity contribution in [1.82, 2.24) is 19.4 Å². The van der Waals surface area contributed by atoms with Gasteiger partial charge < -0.3 is 4.90 Å². The highest BCUT2D eigenvalue weighted by Gasteiger charge is 2.30. The number of halogens is 3. The Morgan fingerprint density at radius 1 is 1.00 bits per heavy atom. The Morgan fingerprint density at radius 3 is 2.14 bits per heavy atom. The number of hydrogen-bond donors (Lipinski definition) is 1. The molecule has 43 heavy (non-hydrogen) atoms. The minimum atomic E-state index is -4.36. The number of hydrogen-bond acceptors (Lipinski definition) is 7. The van der Waals surface area contributed by atoms with Crippen molar-refractivity contribution in [3.63, 3.8) is 0 Å². The first kappa shape index (κ1) is 34.0. The highest BCUT2D eigenvalue weighted by Crippen LogP contribution is 2.32. The topological polar surface area (TPSA) is 114 Å². The Hall–Kier alpha value is -3.49. The van der Waals surface area contributed by atoms with E-state index in [1.807, 2.05) is 17.7 Å². The fourth-order valence-electron chi connectivity index (χ4n) is 5.11. The van der Waals surface area contributed by atoms with Crippen molar-refractivity contribution in [3.8, 4) is 11.3 Å². The summed E-state index contributed by atoms with van der Waals surface area (Å²) in [5, 5.41) is 16.1. The average Bonchev–Trinajstić information content (AvgIpc) is 3.27. The first-order valence-corrected chi connectivity index (χ1v) is 16.0. The fraction of sp³-hybridized carbons (Fsp3) is 0.483. The number of nitro benzene ring substituents is 1. The molecule has 0 atom stereocenters. The van der Waals surface area contributed by atoms with E-state index in [4.69, 9.17) is 5.10 Å². The molecule has 1 aliphatic rings. The molecule has 14 heteroatoms. The maximum Gasteiger partial charge on any atom is 0.416 e. The highest BCUT2D eigenvalue weighted by atomic mass is 32.2. The number of piperazine rings is 1. The Morgan fingerprint density at radius 2 is 1.63 bits per heavy atom. The lowest BCUT2D eigenvalue weighted by Gasteiger charge is -2.35. The molecular formula is C29H39F3N6O4S. The second kappa shape index (κ2) is 14.8. The standard InChI is InChI=1S/C26H30F3N5O2.C3H9NO2S/c1-3-22-19(2)25(20-9-11-21(12-10-20)26(27,28)29)30-33(22)14-6-13-31-15-17-32(18-16-31)23-7-4-5-8-24(23)34(35)36;1-3-4-7(2,5)6/h4-5,7-12H,3,6,13-18H2,1-2H3;4H,3H2,1-2H3. The molecule has 0 unspecified atom stereocenters. The van der Waals surface area contributed by atoms with E-state index >= 15 is 0 Å². The van der Waals surface area contributed by atoms with E-state index in [0.717, 1.165) is 87.4 Å². The molecule has 0 amide bonds. The molecule has 1 aliphatic heterocycles. The van der Waals surface area contributed by atoms with Crippen LogP contribution in [0.15, 0.2) is 48.5 Å². The predicted octanol–water partition coefficient (Wildman–Crippen LogP) is 5.12.